The number of rotatable bonds is 7. The largest absolute Gasteiger partial charge is 0.463 e. The maximum atomic E-state index is 14.0. The molecule has 0 bridgehead atoms. The summed E-state index contributed by atoms with van der Waals surface area (Å²) in [6.45, 7) is -0.227. The van der Waals surface area contributed by atoms with Crippen molar-refractivity contribution in [3.05, 3.63) is 70.5 Å². The van der Waals surface area contributed by atoms with E-state index >= 15 is 0 Å². The Morgan fingerprint density at radius 1 is 1.22 bits per heavy atom. The number of fused-ring (bicyclic) bond motifs is 1. The first-order chi connectivity index (χ1) is 19.6. The fourth-order valence-electron chi connectivity index (χ4n) is 4.67. The van der Waals surface area contributed by atoms with E-state index in [-0.39, 0.29) is 24.2 Å². The number of esters is 1. The standard InChI is InChI=1S/C25H25ClF3N5O7/c1-36-11-39-18-16(30)17-15(10-38-24(41-17)12-6-4-3-5-7-12)40-19(18)22-32-21(23(35)37-2)33-34(22)14-8-13(26)9-31-20(14)25(27,28)29/h3-9,15-19,24H,10-11,30H2,1-2H3/t15?,16?,17-,18?,19+,24?/m0/s1. The Morgan fingerprint density at radius 2 is 1.98 bits per heavy atom. The summed E-state index contributed by atoms with van der Waals surface area (Å²) in [5.41, 5.74) is 5.47. The van der Waals surface area contributed by atoms with Crippen LogP contribution < -0.4 is 5.73 Å². The highest BCUT2D eigenvalue weighted by Crippen LogP contribution is 2.41. The number of nitrogens with two attached hydrogens (primary N) is 1. The van der Waals surface area contributed by atoms with Gasteiger partial charge in [0.25, 0.3) is 5.82 Å². The van der Waals surface area contributed by atoms with Gasteiger partial charge in [0, 0.05) is 18.9 Å². The summed E-state index contributed by atoms with van der Waals surface area (Å²) in [4.78, 5) is 20.0. The highest BCUT2D eigenvalue weighted by molar-refractivity contribution is 6.30. The van der Waals surface area contributed by atoms with Gasteiger partial charge in [0.2, 0.25) is 0 Å². The highest BCUT2D eigenvalue weighted by atomic mass is 35.5. The number of carbonyl (C=O) groups excluding carboxylic acids is 1. The third kappa shape index (κ3) is 5.92. The van der Waals surface area contributed by atoms with Crippen LogP contribution >= 0.6 is 11.6 Å². The lowest BCUT2D eigenvalue weighted by molar-refractivity contribution is -0.316. The summed E-state index contributed by atoms with van der Waals surface area (Å²) >= 11 is 6.02. The number of methoxy groups -OCH3 is 2. The van der Waals surface area contributed by atoms with Gasteiger partial charge < -0.3 is 34.2 Å². The zero-order chi connectivity index (χ0) is 29.3. The molecule has 0 spiro atoms. The van der Waals surface area contributed by atoms with Gasteiger partial charge in [-0.25, -0.2) is 19.4 Å². The third-order valence-electron chi connectivity index (χ3n) is 6.47. The van der Waals surface area contributed by atoms with Gasteiger partial charge in [-0.1, -0.05) is 41.9 Å². The molecule has 0 saturated carbocycles. The van der Waals surface area contributed by atoms with Crippen LogP contribution in [0.25, 0.3) is 5.69 Å². The number of carbonyl (C=O) groups is 1. The number of pyridine rings is 1. The van der Waals surface area contributed by atoms with Crippen molar-refractivity contribution in [1.82, 2.24) is 19.7 Å². The average molecular weight is 600 g/mol. The maximum Gasteiger partial charge on any atom is 0.435 e. The van der Waals surface area contributed by atoms with E-state index in [0.29, 0.717) is 0 Å². The highest BCUT2D eigenvalue weighted by Gasteiger charge is 2.51. The Balaban J connectivity index is 1.58. The first kappa shape index (κ1) is 29.3. The first-order valence-electron chi connectivity index (χ1n) is 12.2. The van der Waals surface area contributed by atoms with Crippen LogP contribution in [0.5, 0.6) is 0 Å². The topological polar surface area (TPSA) is 142 Å². The summed E-state index contributed by atoms with van der Waals surface area (Å²) in [7, 11) is 2.46. The smallest absolute Gasteiger partial charge is 0.435 e. The lowest BCUT2D eigenvalue weighted by Crippen LogP contribution is -2.63. The predicted molar refractivity (Wildman–Crippen MR) is 133 cm³/mol. The molecule has 4 heterocycles. The van der Waals surface area contributed by atoms with Crippen LogP contribution in [0.2, 0.25) is 5.02 Å². The number of aromatic nitrogens is 4. The van der Waals surface area contributed by atoms with Gasteiger partial charge in [0.15, 0.2) is 17.8 Å². The molecule has 0 aliphatic carbocycles. The minimum atomic E-state index is -4.91. The van der Waals surface area contributed by atoms with Crippen LogP contribution in [0.15, 0.2) is 42.6 Å². The fourth-order valence-corrected chi connectivity index (χ4v) is 4.82. The van der Waals surface area contributed by atoms with Crippen molar-refractivity contribution < 1.29 is 46.4 Å². The summed E-state index contributed by atoms with van der Waals surface area (Å²) in [5.74, 6) is -1.79. The molecule has 2 aliphatic heterocycles. The Kier molecular flexibility index (Phi) is 8.56. The lowest BCUT2D eigenvalue weighted by atomic mass is 9.91. The molecule has 2 aromatic heterocycles. The molecule has 1 aromatic carbocycles. The van der Waals surface area contributed by atoms with Gasteiger partial charge in [-0.2, -0.15) is 13.2 Å². The minimum Gasteiger partial charge on any atom is -0.463 e. The predicted octanol–water partition coefficient (Wildman–Crippen LogP) is 2.99. The number of hydrogen-bond acceptors (Lipinski definition) is 11. The van der Waals surface area contributed by atoms with E-state index in [4.69, 9.17) is 45.8 Å². The molecule has 0 amide bonds. The van der Waals surface area contributed by atoms with E-state index in [0.717, 1.165) is 29.6 Å². The van der Waals surface area contributed by atoms with Gasteiger partial charge in [-0.15, -0.1) is 5.10 Å². The van der Waals surface area contributed by atoms with Crippen molar-refractivity contribution in [2.75, 3.05) is 27.6 Å². The summed E-state index contributed by atoms with van der Waals surface area (Å²) < 4.78 is 76.7. The van der Waals surface area contributed by atoms with Gasteiger partial charge in [-0.3, -0.25) is 0 Å². The Morgan fingerprint density at radius 3 is 2.66 bits per heavy atom. The second kappa shape index (κ2) is 12.0. The number of benzene rings is 1. The van der Waals surface area contributed by atoms with Crippen molar-refractivity contribution in [1.29, 1.82) is 0 Å². The molecule has 2 N–H and O–H groups in total. The molecule has 6 atom stereocenters. The van der Waals surface area contributed by atoms with Crippen molar-refractivity contribution >= 4 is 17.6 Å². The Hall–Kier alpha value is -3.18. The van der Waals surface area contributed by atoms with Crippen molar-refractivity contribution in [3.8, 4) is 5.69 Å². The van der Waals surface area contributed by atoms with Gasteiger partial charge in [-0.05, 0) is 6.07 Å². The van der Waals surface area contributed by atoms with E-state index in [1.807, 2.05) is 30.3 Å². The van der Waals surface area contributed by atoms with Crippen LogP contribution in [-0.2, 0) is 34.6 Å². The van der Waals surface area contributed by atoms with Crippen molar-refractivity contribution in [2.45, 2.75) is 42.9 Å². The zero-order valence-corrected chi connectivity index (χ0v) is 22.4. The molecule has 2 fully saturated rings. The molecular weight excluding hydrogens is 575 g/mol. The van der Waals surface area contributed by atoms with E-state index in [2.05, 4.69) is 15.1 Å². The van der Waals surface area contributed by atoms with Crippen LogP contribution in [-0.4, -0.2) is 77.7 Å². The second-order valence-electron chi connectivity index (χ2n) is 9.10. The summed E-state index contributed by atoms with van der Waals surface area (Å²) in [6, 6.07) is 9.25. The Bertz CT molecular complexity index is 1380. The SMILES string of the molecule is COCOC1C(N)[C@H]2OC(c3ccccc3)OCC2O[C@H]1c1nc(C(=O)OC)nn1-c1cc(Cl)cnc1C(F)(F)F. The van der Waals surface area contributed by atoms with E-state index in [9.17, 15) is 18.0 Å². The average Bonchev–Trinajstić information content (AvgIpc) is 3.41. The van der Waals surface area contributed by atoms with Gasteiger partial charge in [0.1, 0.15) is 31.2 Å². The van der Waals surface area contributed by atoms with Crippen molar-refractivity contribution in [3.63, 3.8) is 0 Å². The molecular formula is C25H25ClF3N5O7. The van der Waals surface area contributed by atoms with E-state index in [1.165, 1.54) is 7.11 Å². The van der Waals surface area contributed by atoms with Gasteiger partial charge in [0.05, 0.1) is 30.5 Å². The molecule has 0 radical (unpaired) electrons. The molecule has 2 aliphatic rings. The molecule has 41 heavy (non-hydrogen) atoms. The molecule has 5 rings (SSSR count). The van der Waals surface area contributed by atoms with E-state index in [1.54, 1.807) is 0 Å². The number of nitrogens with zero attached hydrogens (tertiary/aromatic N) is 4. The number of halogens is 4. The minimum absolute atomic E-state index is 0.0238. The van der Waals surface area contributed by atoms with E-state index < -0.39 is 66.1 Å². The third-order valence-corrected chi connectivity index (χ3v) is 6.68. The maximum absolute atomic E-state index is 14.0. The lowest BCUT2D eigenvalue weighted by Gasteiger charge is -2.48. The summed E-state index contributed by atoms with van der Waals surface area (Å²) in [6.07, 6.45) is -8.70. The number of ether oxygens (including phenoxy) is 6. The molecule has 220 valence electrons. The Labute approximate surface area is 236 Å². The fraction of sp³-hybridized carbons (Fsp3) is 0.440. The van der Waals surface area contributed by atoms with Crippen LogP contribution in [0, 0.1) is 0 Å². The number of alkyl halides is 3. The molecule has 12 nitrogen and oxygen atoms in total. The van der Waals surface area contributed by atoms with Crippen molar-refractivity contribution in [2.24, 2.45) is 5.73 Å². The van der Waals surface area contributed by atoms with Crippen LogP contribution in [0.4, 0.5) is 13.2 Å². The zero-order valence-electron chi connectivity index (χ0n) is 21.7. The van der Waals surface area contributed by atoms with Crippen LogP contribution in [0.1, 0.15) is 40.1 Å². The monoisotopic (exact) mass is 599 g/mol. The van der Waals surface area contributed by atoms with Gasteiger partial charge >= 0.3 is 12.1 Å². The molecule has 2 saturated heterocycles. The second-order valence-corrected chi connectivity index (χ2v) is 9.54. The first-order valence-corrected chi connectivity index (χ1v) is 12.6. The van der Waals surface area contributed by atoms with Crippen LogP contribution in [0.3, 0.4) is 0 Å². The normalized spacial score (nSPS) is 26.4. The number of hydrogen-bond donors (Lipinski definition) is 1. The molecule has 3 aromatic rings. The molecule has 4 unspecified atom stereocenters. The summed E-state index contributed by atoms with van der Waals surface area (Å²) in [5, 5.41) is 3.88. The quantitative estimate of drug-likeness (QED) is 0.316. The molecule has 16 heteroatoms.